The van der Waals surface area contributed by atoms with Crippen LogP contribution in [0.2, 0.25) is 0 Å². The van der Waals surface area contributed by atoms with Gasteiger partial charge in [-0.3, -0.25) is 5.10 Å². The minimum Gasteiger partial charge on any atom is -0.484 e. The monoisotopic (exact) mass is 273 g/mol. The highest BCUT2D eigenvalue weighted by Crippen LogP contribution is 2.28. The van der Waals surface area contributed by atoms with Crippen molar-refractivity contribution in [3.8, 4) is 5.75 Å². The van der Waals surface area contributed by atoms with Gasteiger partial charge in [-0.25, -0.2) is 0 Å². The summed E-state index contributed by atoms with van der Waals surface area (Å²) in [7, 11) is 1.94. The molecule has 0 aliphatic carbocycles. The van der Waals surface area contributed by atoms with Gasteiger partial charge in [0.05, 0.1) is 0 Å². The molecule has 2 N–H and O–H groups in total. The van der Waals surface area contributed by atoms with E-state index in [4.69, 9.17) is 4.74 Å². The van der Waals surface area contributed by atoms with Crippen LogP contribution >= 0.6 is 0 Å². The number of H-pyrrole nitrogens is 1. The maximum Gasteiger partial charge on any atom is 0.142 e. The van der Waals surface area contributed by atoms with Crippen LogP contribution in [-0.2, 0) is 6.54 Å². The standard InChI is InChI=1S/C16H23N3O/c1-5-14(20-15-9-7-6-8-11(15)2)16-13(10-17-4)12(3)18-19-16/h6-9,14,17H,5,10H2,1-4H3,(H,18,19). The first kappa shape index (κ1) is 14.6. The normalized spacial score (nSPS) is 12.4. The van der Waals surface area contributed by atoms with Crippen molar-refractivity contribution in [2.75, 3.05) is 7.05 Å². The molecule has 4 heteroatoms. The highest BCUT2D eigenvalue weighted by molar-refractivity contribution is 5.33. The number of aryl methyl sites for hydroxylation is 2. The van der Waals surface area contributed by atoms with Gasteiger partial charge in [0.1, 0.15) is 17.5 Å². The van der Waals surface area contributed by atoms with Crippen LogP contribution in [0, 0.1) is 13.8 Å². The van der Waals surface area contributed by atoms with E-state index in [1.807, 2.05) is 32.2 Å². The summed E-state index contributed by atoms with van der Waals surface area (Å²) in [6.45, 7) is 7.03. The third kappa shape index (κ3) is 3.02. The number of aromatic nitrogens is 2. The molecule has 1 heterocycles. The fourth-order valence-electron chi connectivity index (χ4n) is 2.31. The van der Waals surface area contributed by atoms with Crippen LogP contribution in [0.5, 0.6) is 5.75 Å². The minimum absolute atomic E-state index is 0.0237. The molecule has 0 fully saturated rings. The molecular weight excluding hydrogens is 250 g/mol. The lowest BCUT2D eigenvalue weighted by Crippen LogP contribution is -2.14. The molecule has 1 aromatic heterocycles. The highest BCUT2D eigenvalue weighted by Gasteiger charge is 2.20. The Morgan fingerprint density at radius 2 is 2.05 bits per heavy atom. The molecule has 20 heavy (non-hydrogen) atoms. The van der Waals surface area contributed by atoms with E-state index in [0.29, 0.717) is 0 Å². The number of aromatic amines is 1. The number of rotatable bonds is 6. The number of ether oxygens (including phenoxy) is 1. The Bertz CT molecular complexity index is 563. The maximum absolute atomic E-state index is 6.17. The molecule has 0 saturated heterocycles. The number of hydrogen-bond donors (Lipinski definition) is 2. The number of para-hydroxylation sites is 1. The molecule has 0 radical (unpaired) electrons. The van der Waals surface area contributed by atoms with Gasteiger partial charge in [-0.1, -0.05) is 25.1 Å². The quantitative estimate of drug-likeness (QED) is 0.849. The molecule has 2 aromatic rings. The number of benzene rings is 1. The number of hydrogen-bond acceptors (Lipinski definition) is 3. The topological polar surface area (TPSA) is 49.9 Å². The van der Waals surface area contributed by atoms with Gasteiger partial charge >= 0.3 is 0 Å². The van der Waals surface area contributed by atoms with Crippen LogP contribution in [0.15, 0.2) is 24.3 Å². The lowest BCUT2D eigenvalue weighted by molar-refractivity contribution is 0.194. The smallest absolute Gasteiger partial charge is 0.142 e. The van der Waals surface area contributed by atoms with E-state index >= 15 is 0 Å². The van der Waals surface area contributed by atoms with Crippen molar-refractivity contribution in [2.24, 2.45) is 0 Å². The first-order valence-electron chi connectivity index (χ1n) is 7.08. The molecule has 1 atom stereocenters. The highest BCUT2D eigenvalue weighted by atomic mass is 16.5. The van der Waals surface area contributed by atoms with E-state index in [-0.39, 0.29) is 6.10 Å². The summed E-state index contributed by atoms with van der Waals surface area (Å²) in [6, 6.07) is 8.09. The van der Waals surface area contributed by atoms with E-state index in [2.05, 4.69) is 35.4 Å². The lowest BCUT2D eigenvalue weighted by atomic mass is 10.1. The predicted octanol–water partition coefficient (Wildman–Crippen LogP) is 3.28. The van der Waals surface area contributed by atoms with Crippen molar-refractivity contribution in [1.82, 2.24) is 15.5 Å². The summed E-state index contributed by atoms with van der Waals surface area (Å²) in [6.07, 6.45) is 0.861. The zero-order chi connectivity index (χ0) is 14.5. The van der Waals surface area contributed by atoms with Gasteiger partial charge in [-0.15, -0.1) is 0 Å². The van der Waals surface area contributed by atoms with Crippen molar-refractivity contribution in [2.45, 2.75) is 39.8 Å². The van der Waals surface area contributed by atoms with Crippen LogP contribution in [0.4, 0.5) is 0 Å². The van der Waals surface area contributed by atoms with Crippen LogP contribution < -0.4 is 10.1 Å². The Kier molecular flexibility index (Phi) is 4.79. The molecule has 4 nitrogen and oxygen atoms in total. The molecule has 2 rings (SSSR count). The number of nitrogens with zero attached hydrogens (tertiary/aromatic N) is 1. The molecule has 0 amide bonds. The Balaban J connectivity index is 2.27. The molecule has 0 bridgehead atoms. The Hall–Kier alpha value is -1.81. The summed E-state index contributed by atoms with van der Waals surface area (Å²) in [5.41, 5.74) is 4.45. The molecule has 108 valence electrons. The Morgan fingerprint density at radius 1 is 1.30 bits per heavy atom. The van der Waals surface area contributed by atoms with Crippen LogP contribution in [-0.4, -0.2) is 17.2 Å². The van der Waals surface area contributed by atoms with Gasteiger partial charge in [-0.05, 0) is 38.9 Å². The van der Waals surface area contributed by atoms with Gasteiger partial charge in [0.2, 0.25) is 0 Å². The average Bonchev–Trinajstić information content (AvgIpc) is 2.80. The third-order valence-corrected chi connectivity index (χ3v) is 3.50. The SMILES string of the molecule is CCC(Oc1ccccc1C)c1n[nH]c(C)c1CNC. The van der Waals surface area contributed by atoms with Crippen molar-refractivity contribution in [3.05, 3.63) is 46.8 Å². The summed E-state index contributed by atoms with van der Waals surface area (Å²) < 4.78 is 6.17. The summed E-state index contributed by atoms with van der Waals surface area (Å²) >= 11 is 0. The van der Waals surface area contributed by atoms with Crippen molar-refractivity contribution in [3.63, 3.8) is 0 Å². The second-order valence-corrected chi connectivity index (χ2v) is 5.02. The van der Waals surface area contributed by atoms with Crippen LogP contribution in [0.1, 0.15) is 42.0 Å². The fourth-order valence-corrected chi connectivity index (χ4v) is 2.31. The van der Waals surface area contributed by atoms with Crippen molar-refractivity contribution in [1.29, 1.82) is 0 Å². The second kappa shape index (κ2) is 6.57. The van der Waals surface area contributed by atoms with Gasteiger partial charge in [-0.2, -0.15) is 5.10 Å². The van der Waals surface area contributed by atoms with E-state index < -0.39 is 0 Å². The van der Waals surface area contributed by atoms with E-state index in [0.717, 1.165) is 35.7 Å². The maximum atomic E-state index is 6.17. The predicted molar refractivity (Wildman–Crippen MR) is 80.9 cm³/mol. The van der Waals surface area contributed by atoms with Crippen molar-refractivity contribution < 1.29 is 4.74 Å². The van der Waals surface area contributed by atoms with E-state index in [9.17, 15) is 0 Å². The molecule has 0 aliphatic rings. The summed E-state index contributed by atoms with van der Waals surface area (Å²) in [4.78, 5) is 0. The second-order valence-electron chi connectivity index (χ2n) is 5.02. The lowest BCUT2D eigenvalue weighted by Gasteiger charge is -2.18. The van der Waals surface area contributed by atoms with Crippen LogP contribution in [0.25, 0.3) is 0 Å². The van der Waals surface area contributed by atoms with Gasteiger partial charge < -0.3 is 10.1 Å². The summed E-state index contributed by atoms with van der Waals surface area (Å²) in [5, 5.41) is 10.7. The summed E-state index contributed by atoms with van der Waals surface area (Å²) in [5.74, 6) is 0.926. The minimum atomic E-state index is -0.0237. The fraction of sp³-hybridized carbons (Fsp3) is 0.438. The van der Waals surface area contributed by atoms with E-state index in [1.54, 1.807) is 0 Å². The van der Waals surface area contributed by atoms with Gasteiger partial charge in [0.25, 0.3) is 0 Å². The molecular formula is C16H23N3O. The molecule has 0 spiro atoms. The molecule has 1 unspecified atom stereocenters. The largest absolute Gasteiger partial charge is 0.484 e. The Labute approximate surface area is 120 Å². The molecule has 1 aromatic carbocycles. The van der Waals surface area contributed by atoms with E-state index in [1.165, 1.54) is 5.56 Å². The Morgan fingerprint density at radius 3 is 2.70 bits per heavy atom. The first-order valence-corrected chi connectivity index (χ1v) is 7.08. The zero-order valence-electron chi connectivity index (χ0n) is 12.7. The molecule has 0 aliphatic heterocycles. The molecule has 0 saturated carbocycles. The average molecular weight is 273 g/mol. The number of nitrogens with one attached hydrogen (secondary N) is 2. The zero-order valence-corrected chi connectivity index (χ0v) is 12.7. The third-order valence-electron chi connectivity index (χ3n) is 3.50. The van der Waals surface area contributed by atoms with Crippen molar-refractivity contribution >= 4 is 0 Å². The first-order chi connectivity index (χ1) is 9.67. The van der Waals surface area contributed by atoms with Gasteiger partial charge in [0.15, 0.2) is 0 Å². The van der Waals surface area contributed by atoms with Gasteiger partial charge in [0, 0.05) is 17.8 Å². The van der Waals surface area contributed by atoms with Crippen LogP contribution in [0.3, 0.4) is 0 Å².